The van der Waals surface area contributed by atoms with Crippen LogP contribution < -0.4 is 19.4 Å². The highest BCUT2D eigenvalue weighted by Gasteiger charge is 2.47. The molecule has 1 unspecified atom stereocenters. The van der Waals surface area contributed by atoms with Crippen molar-refractivity contribution in [1.29, 1.82) is 0 Å². The zero-order valence-electron chi connectivity index (χ0n) is 23.9. The molecule has 0 saturated carbocycles. The van der Waals surface area contributed by atoms with E-state index in [1.54, 1.807) is 19.2 Å². The average molecular weight is 528 g/mol. The van der Waals surface area contributed by atoms with Crippen LogP contribution in [0.2, 0.25) is 0 Å². The van der Waals surface area contributed by atoms with E-state index in [1.807, 2.05) is 92.6 Å². The molecular formula is C32H37N3O4. The number of benzene rings is 3. The second-order valence-corrected chi connectivity index (χ2v) is 11.2. The lowest BCUT2D eigenvalue weighted by Crippen LogP contribution is -2.29. The predicted molar refractivity (Wildman–Crippen MR) is 158 cm³/mol. The molecule has 1 N–H and O–H groups in total. The molecule has 0 spiro atoms. The molecule has 0 aliphatic carbocycles. The first kappa shape index (κ1) is 27.8. The van der Waals surface area contributed by atoms with Crippen LogP contribution in [-0.2, 0) is 15.0 Å². The number of rotatable bonds is 6. The third-order valence-electron chi connectivity index (χ3n) is 7.09. The van der Waals surface area contributed by atoms with Crippen LogP contribution in [0.15, 0.2) is 72.3 Å². The highest BCUT2D eigenvalue weighted by atomic mass is 16.5. The molecule has 1 heterocycles. The number of methoxy groups -OCH3 is 1. The van der Waals surface area contributed by atoms with E-state index in [4.69, 9.17) is 4.74 Å². The Morgan fingerprint density at radius 2 is 1.38 bits per heavy atom. The van der Waals surface area contributed by atoms with Gasteiger partial charge in [-0.3, -0.25) is 14.5 Å². The van der Waals surface area contributed by atoms with E-state index >= 15 is 0 Å². The molecule has 0 aromatic heterocycles. The van der Waals surface area contributed by atoms with Crippen LogP contribution in [0, 0.1) is 0 Å². The van der Waals surface area contributed by atoms with Gasteiger partial charge in [0.2, 0.25) is 0 Å². The third kappa shape index (κ3) is 5.21. The minimum absolute atomic E-state index is 0.0549. The van der Waals surface area contributed by atoms with E-state index in [0.717, 1.165) is 22.5 Å². The molecule has 3 aromatic carbocycles. The fourth-order valence-electron chi connectivity index (χ4n) is 4.88. The van der Waals surface area contributed by atoms with E-state index in [2.05, 4.69) is 20.8 Å². The predicted octanol–water partition coefficient (Wildman–Crippen LogP) is 5.75. The standard InChI is InChI=1S/C32H37N3O4/c1-32(2,3)25-19-21(11-18-26(25)39-8)29(36)27-28(20-9-12-22(13-10-20)33(4)5)35(31(38)30(27)37)24-16-14-23(15-17-24)34(6)7/h9-19,28,36H,1-8H3/b29-27-. The molecule has 4 rings (SSSR count). The zero-order chi connectivity index (χ0) is 28.6. The van der Waals surface area contributed by atoms with Crippen LogP contribution in [0.25, 0.3) is 5.76 Å². The molecule has 3 aromatic rings. The summed E-state index contributed by atoms with van der Waals surface area (Å²) in [5, 5.41) is 11.6. The number of aliphatic hydroxyl groups is 1. The summed E-state index contributed by atoms with van der Waals surface area (Å²) in [4.78, 5) is 32.6. The molecule has 1 fully saturated rings. The van der Waals surface area contributed by atoms with Gasteiger partial charge >= 0.3 is 0 Å². The normalized spacial score (nSPS) is 16.9. The quantitative estimate of drug-likeness (QED) is 0.250. The number of carbonyl (C=O) groups is 2. The Morgan fingerprint density at radius 3 is 1.87 bits per heavy atom. The van der Waals surface area contributed by atoms with Gasteiger partial charge in [-0.15, -0.1) is 0 Å². The van der Waals surface area contributed by atoms with Crippen molar-refractivity contribution >= 4 is 34.5 Å². The van der Waals surface area contributed by atoms with Crippen molar-refractivity contribution in [3.05, 3.63) is 89.0 Å². The number of anilines is 3. The third-order valence-corrected chi connectivity index (χ3v) is 7.09. The Balaban J connectivity index is 1.93. The smallest absolute Gasteiger partial charge is 0.300 e. The average Bonchev–Trinajstić information content (AvgIpc) is 3.17. The lowest BCUT2D eigenvalue weighted by atomic mass is 9.84. The Hall–Kier alpha value is -4.26. The number of nitrogens with zero attached hydrogens (tertiary/aromatic N) is 3. The minimum Gasteiger partial charge on any atom is -0.507 e. The second-order valence-electron chi connectivity index (χ2n) is 11.2. The van der Waals surface area contributed by atoms with Crippen LogP contribution in [0.5, 0.6) is 5.75 Å². The Kier molecular flexibility index (Phi) is 7.46. The Morgan fingerprint density at radius 1 is 0.846 bits per heavy atom. The Labute approximate surface area is 230 Å². The second kappa shape index (κ2) is 10.5. The van der Waals surface area contributed by atoms with E-state index in [1.165, 1.54) is 4.90 Å². The molecule has 0 radical (unpaired) electrons. The van der Waals surface area contributed by atoms with Gasteiger partial charge in [-0.1, -0.05) is 32.9 Å². The molecule has 1 atom stereocenters. The van der Waals surface area contributed by atoms with Gasteiger partial charge < -0.3 is 19.6 Å². The minimum atomic E-state index is -0.799. The number of hydrogen-bond donors (Lipinski definition) is 1. The number of carbonyl (C=O) groups excluding carboxylic acids is 2. The van der Waals surface area contributed by atoms with Crippen LogP contribution in [-0.4, -0.2) is 52.1 Å². The first-order valence-corrected chi connectivity index (χ1v) is 12.9. The van der Waals surface area contributed by atoms with Gasteiger partial charge in [-0.05, 0) is 65.6 Å². The molecule has 39 heavy (non-hydrogen) atoms. The number of ether oxygens (including phenoxy) is 1. The number of Topliss-reactive ketones (excluding diaryl/α,β-unsaturated/α-hetero) is 1. The van der Waals surface area contributed by atoms with Gasteiger partial charge in [0, 0.05) is 56.4 Å². The van der Waals surface area contributed by atoms with Gasteiger partial charge in [0.05, 0.1) is 18.7 Å². The summed E-state index contributed by atoms with van der Waals surface area (Å²) in [5.74, 6) is -0.925. The van der Waals surface area contributed by atoms with Crippen molar-refractivity contribution in [3.8, 4) is 5.75 Å². The van der Waals surface area contributed by atoms with E-state index in [0.29, 0.717) is 17.0 Å². The molecule has 1 aliphatic rings. The van der Waals surface area contributed by atoms with Crippen molar-refractivity contribution in [2.24, 2.45) is 0 Å². The number of aliphatic hydroxyl groups excluding tert-OH is 1. The largest absolute Gasteiger partial charge is 0.507 e. The molecule has 204 valence electrons. The summed E-state index contributed by atoms with van der Waals surface area (Å²) < 4.78 is 5.56. The first-order valence-electron chi connectivity index (χ1n) is 12.9. The summed E-state index contributed by atoms with van der Waals surface area (Å²) in [6, 6.07) is 19.7. The maximum Gasteiger partial charge on any atom is 0.300 e. The molecule has 1 saturated heterocycles. The van der Waals surface area contributed by atoms with Crippen LogP contribution in [0.1, 0.15) is 43.5 Å². The molecule has 7 nitrogen and oxygen atoms in total. The molecule has 1 aliphatic heterocycles. The summed E-state index contributed by atoms with van der Waals surface area (Å²) >= 11 is 0. The maximum atomic E-state index is 13.6. The van der Waals surface area contributed by atoms with Gasteiger partial charge in [-0.25, -0.2) is 0 Å². The summed E-state index contributed by atoms with van der Waals surface area (Å²) in [7, 11) is 9.38. The fourth-order valence-corrected chi connectivity index (χ4v) is 4.88. The molecule has 1 amide bonds. The highest BCUT2D eigenvalue weighted by Crippen LogP contribution is 2.43. The van der Waals surface area contributed by atoms with Gasteiger partial charge in [0.25, 0.3) is 11.7 Å². The first-order chi connectivity index (χ1) is 18.3. The lowest BCUT2D eigenvalue weighted by molar-refractivity contribution is -0.132. The van der Waals surface area contributed by atoms with E-state index in [-0.39, 0.29) is 16.7 Å². The number of ketones is 1. The molecular weight excluding hydrogens is 490 g/mol. The molecule has 7 heteroatoms. The van der Waals surface area contributed by atoms with Crippen molar-refractivity contribution < 1.29 is 19.4 Å². The summed E-state index contributed by atoms with van der Waals surface area (Å²) in [6.07, 6.45) is 0. The van der Waals surface area contributed by atoms with E-state index in [9.17, 15) is 14.7 Å². The summed E-state index contributed by atoms with van der Waals surface area (Å²) in [6.45, 7) is 6.16. The van der Waals surface area contributed by atoms with Crippen LogP contribution in [0.3, 0.4) is 0 Å². The number of hydrogen-bond acceptors (Lipinski definition) is 6. The van der Waals surface area contributed by atoms with E-state index < -0.39 is 17.7 Å². The van der Waals surface area contributed by atoms with Crippen molar-refractivity contribution in [3.63, 3.8) is 0 Å². The van der Waals surface area contributed by atoms with Gasteiger partial charge in [-0.2, -0.15) is 0 Å². The maximum absolute atomic E-state index is 13.6. The Bertz CT molecular complexity index is 1420. The SMILES string of the molecule is COc1ccc(/C(O)=C2/C(=O)C(=O)N(c3ccc(N(C)C)cc3)C2c2ccc(N(C)C)cc2)cc1C(C)(C)C. The van der Waals surface area contributed by atoms with Crippen molar-refractivity contribution in [2.45, 2.75) is 32.2 Å². The summed E-state index contributed by atoms with van der Waals surface area (Å²) in [5.41, 5.74) is 4.37. The highest BCUT2D eigenvalue weighted by molar-refractivity contribution is 6.51. The fraction of sp³-hybridized carbons (Fsp3) is 0.312. The molecule has 0 bridgehead atoms. The van der Waals surface area contributed by atoms with Crippen LogP contribution >= 0.6 is 0 Å². The van der Waals surface area contributed by atoms with Crippen molar-refractivity contribution in [2.75, 3.05) is 50.0 Å². The van der Waals surface area contributed by atoms with Gasteiger partial charge in [0.15, 0.2) is 0 Å². The van der Waals surface area contributed by atoms with Crippen molar-refractivity contribution in [1.82, 2.24) is 0 Å². The topological polar surface area (TPSA) is 73.3 Å². The monoisotopic (exact) mass is 527 g/mol. The lowest BCUT2D eigenvalue weighted by Gasteiger charge is -2.27. The zero-order valence-corrected chi connectivity index (χ0v) is 23.9. The van der Waals surface area contributed by atoms with Gasteiger partial charge in [0.1, 0.15) is 11.5 Å². The number of amides is 1. The van der Waals surface area contributed by atoms with Crippen LogP contribution in [0.4, 0.5) is 17.1 Å².